The van der Waals surface area contributed by atoms with Gasteiger partial charge in [-0.3, -0.25) is 0 Å². The summed E-state index contributed by atoms with van der Waals surface area (Å²) in [5.41, 5.74) is 3.43. The highest BCUT2D eigenvalue weighted by Gasteiger charge is 2.29. The topological polar surface area (TPSA) is 79.6 Å². The fourth-order valence-electron chi connectivity index (χ4n) is 3.03. The van der Waals surface area contributed by atoms with Gasteiger partial charge in [0.1, 0.15) is 0 Å². The van der Waals surface area contributed by atoms with Crippen LogP contribution in [-0.2, 0) is 4.74 Å². The van der Waals surface area contributed by atoms with Gasteiger partial charge in [-0.1, -0.05) is 12.1 Å². The van der Waals surface area contributed by atoms with Gasteiger partial charge in [-0.05, 0) is 39.0 Å². The minimum absolute atomic E-state index is 0.0522. The van der Waals surface area contributed by atoms with Crippen molar-refractivity contribution in [2.75, 3.05) is 25.1 Å². The maximum absolute atomic E-state index is 12.8. The maximum Gasteiger partial charge on any atom is 0.322 e. The van der Waals surface area contributed by atoms with E-state index in [9.17, 15) is 9.90 Å². The number of aliphatic hydroxyl groups is 1. The van der Waals surface area contributed by atoms with Gasteiger partial charge in [-0.2, -0.15) is 5.10 Å². The summed E-state index contributed by atoms with van der Waals surface area (Å²) in [5.74, 6) is 0. The minimum Gasteiger partial charge on any atom is -0.394 e. The summed E-state index contributed by atoms with van der Waals surface area (Å²) >= 11 is 0. The SMILES string of the molecule is Cc1cc(C)n(-c2ccccc2NC(=O)N2CC(CO)OCC2C)n1. The van der Waals surface area contributed by atoms with E-state index in [1.165, 1.54) is 0 Å². The number of amides is 2. The van der Waals surface area contributed by atoms with Gasteiger partial charge in [0.25, 0.3) is 0 Å². The van der Waals surface area contributed by atoms with E-state index in [4.69, 9.17) is 4.74 Å². The predicted octanol–water partition coefficient (Wildman–Crippen LogP) is 2.10. The molecule has 25 heavy (non-hydrogen) atoms. The molecule has 1 aliphatic rings. The summed E-state index contributed by atoms with van der Waals surface area (Å²) < 4.78 is 7.32. The Labute approximate surface area is 147 Å². The van der Waals surface area contributed by atoms with Crippen LogP contribution in [0.15, 0.2) is 30.3 Å². The lowest BCUT2D eigenvalue weighted by atomic mass is 10.2. The largest absolute Gasteiger partial charge is 0.394 e. The number of anilines is 1. The second-order valence-corrected chi connectivity index (χ2v) is 6.43. The van der Waals surface area contributed by atoms with Crippen molar-refractivity contribution in [3.8, 4) is 5.69 Å². The van der Waals surface area contributed by atoms with Crippen molar-refractivity contribution in [3.63, 3.8) is 0 Å². The predicted molar refractivity (Wildman–Crippen MR) is 95.1 cm³/mol. The number of benzene rings is 1. The Morgan fingerprint density at radius 3 is 2.84 bits per heavy atom. The number of carbonyl (C=O) groups is 1. The summed E-state index contributed by atoms with van der Waals surface area (Å²) in [4.78, 5) is 14.5. The molecule has 0 bridgehead atoms. The lowest BCUT2D eigenvalue weighted by Gasteiger charge is -2.37. The summed E-state index contributed by atoms with van der Waals surface area (Å²) in [6.45, 7) is 6.53. The molecular weight excluding hydrogens is 320 g/mol. The molecule has 2 atom stereocenters. The van der Waals surface area contributed by atoms with Crippen LogP contribution in [0.2, 0.25) is 0 Å². The Balaban J connectivity index is 1.83. The average Bonchev–Trinajstić information content (AvgIpc) is 2.94. The van der Waals surface area contributed by atoms with Crippen molar-refractivity contribution in [1.82, 2.24) is 14.7 Å². The summed E-state index contributed by atoms with van der Waals surface area (Å²) in [7, 11) is 0. The fourth-order valence-corrected chi connectivity index (χ4v) is 3.03. The Morgan fingerprint density at radius 1 is 1.40 bits per heavy atom. The van der Waals surface area contributed by atoms with E-state index in [1.807, 2.05) is 55.8 Å². The Hall–Kier alpha value is -2.38. The minimum atomic E-state index is -0.340. The third kappa shape index (κ3) is 3.67. The number of aromatic nitrogens is 2. The first-order valence-corrected chi connectivity index (χ1v) is 8.42. The molecule has 3 rings (SSSR count). The van der Waals surface area contributed by atoms with Crippen molar-refractivity contribution in [3.05, 3.63) is 41.7 Å². The molecule has 1 saturated heterocycles. The number of aryl methyl sites for hydroxylation is 2. The van der Waals surface area contributed by atoms with E-state index in [0.717, 1.165) is 17.1 Å². The number of urea groups is 1. The van der Waals surface area contributed by atoms with E-state index < -0.39 is 0 Å². The first-order valence-electron chi connectivity index (χ1n) is 8.42. The number of rotatable bonds is 3. The van der Waals surface area contributed by atoms with Crippen molar-refractivity contribution in [2.45, 2.75) is 32.9 Å². The van der Waals surface area contributed by atoms with Crippen LogP contribution in [0, 0.1) is 13.8 Å². The molecule has 134 valence electrons. The highest BCUT2D eigenvalue weighted by Crippen LogP contribution is 2.23. The molecule has 2 amide bonds. The summed E-state index contributed by atoms with van der Waals surface area (Å²) in [6.07, 6.45) is -0.340. The van der Waals surface area contributed by atoms with Crippen LogP contribution < -0.4 is 5.32 Å². The molecular formula is C18H24N4O3. The molecule has 1 aromatic heterocycles. The van der Waals surface area contributed by atoms with E-state index >= 15 is 0 Å². The normalized spacial score (nSPS) is 20.6. The van der Waals surface area contributed by atoms with Gasteiger partial charge in [0.2, 0.25) is 0 Å². The number of hydrogen-bond acceptors (Lipinski definition) is 4. The number of aliphatic hydroxyl groups excluding tert-OH is 1. The molecule has 0 radical (unpaired) electrons. The molecule has 2 aromatic rings. The van der Waals surface area contributed by atoms with Crippen molar-refractivity contribution in [1.29, 1.82) is 0 Å². The van der Waals surface area contributed by atoms with Gasteiger partial charge in [0, 0.05) is 5.69 Å². The number of morpholine rings is 1. The van der Waals surface area contributed by atoms with Crippen LogP contribution in [0.1, 0.15) is 18.3 Å². The maximum atomic E-state index is 12.8. The number of para-hydroxylation sites is 2. The van der Waals surface area contributed by atoms with Crippen LogP contribution in [0.4, 0.5) is 10.5 Å². The number of nitrogens with one attached hydrogen (secondary N) is 1. The van der Waals surface area contributed by atoms with E-state index in [2.05, 4.69) is 10.4 Å². The van der Waals surface area contributed by atoms with Gasteiger partial charge in [-0.15, -0.1) is 0 Å². The van der Waals surface area contributed by atoms with Crippen LogP contribution in [-0.4, -0.2) is 57.7 Å². The van der Waals surface area contributed by atoms with Crippen LogP contribution in [0.5, 0.6) is 0 Å². The first kappa shape index (κ1) is 17.4. The Bertz CT molecular complexity index is 759. The summed E-state index contributed by atoms with van der Waals surface area (Å²) in [5, 5.41) is 16.8. The fraction of sp³-hybridized carbons (Fsp3) is 0.444. The molecule has 1 aromatic carbocycles. The lowest BCUT2D eigenvalue weighted by Crippen LogP contribution is -2.53. The second kappa shape index (κ2) is 7.25. The third-order valence-corrected chi connectivity index (χ3v) is 4.35. The third-order valence-electron chi connectivity index (χ3n) is 4.35. The molecule has 0 aliphatic carbocycles. The van der Waals surface area contributed by atoms with E-state index in [0.29, 0.717) is 18.8 Å². The Morgan fingerprint density at radius 2 is 2.16 bits per heavy atom. The molecule has 0 saturated carbocycles. The van der Waals surface area contributed by atoms with Gasteiger partial charge < -0.3 is 20.1 Å². The highest BCUT2D eigenvalue weighted by molar-refractivity contribution is 5.91. The number of hydrogen-bond donors (Lipinski definition) is 2. The van der Waals surface area contributed by atoms with Gasteiger partial charge in [-0.25, -0.2) is 9.48 Å². The zero-order valence-corrected chi connectivity index (χ0v) is 14.8. The summed E-state index contributed by atoms with van der Waals surface area (Å²) in [6, 6.07) is 9.32. The van der Waals surface area contributed by atoms with E-state index in [1.54, 1.807) is 4.90 Å². The second-order valence-electron chi connectivity index (χ2n) is 6.43. The molecule has 7 nitrogen and oxygen atoms in total. The molecule has 7 heteroatoms. The monoisotopic (exact) mass is 344 g/mol. The zero-order valence-electron chi connectivity index (χ0n) is 14.8. The van der Waals surface area contributed by atoms with E-state index in [-0.39, 0.29) is 24.8 Å². The molecule has 2 N–H and O–H groups in total. The molecule has 2 heterocycles. The number of ether oxygens (including phenoxy) is 1. The molecule has 1 fully saturated rings. The van der Waals surface area contributed by atoms with Gasteiger partial charge >= 0.3 is 6.03 Å². The quantitative estimate of drug-likeness (QED) is 0.894. The average molecular weight is 344 g/mol. The smallest absolute Gasteiger partial charge is 0.322 e. The lowest BCUT2D eigenvalue weighted by molar-refractivity contribution is -0.0611. The van der Waals surface area contributed by atoms with Crippen molar-refractivity contribution < 1.29 is 14.6 Å². The molecule has 1 aliphatic heterocycles. The first-order chi connectivity index (χ1) is 12.0. The number of carbonyl (C=O) groups excluding carboxylic acids is 1. The van der Waals surface area contributed by atoms with Crippen molar-refractivity contribution >= 4 is 11.7 Å². The number of nitrogens with zero attached hydrogens (tertiary/aromatic N) is 3. The molecule has 0 spiro atoms. The Kier molecular flexibility index (Phi) is 5.06. The van der Waals surface area contributed by atoms with Crippen LogP contribution in [0.3, 0.4) is 0 Å². The van der Waals surface area contributed by atoms with Crippen LogP contribution >= 0.6 is 0 Å². The zero-order chi connectivity index (χ0) is 18.0. The van der Waals surface area contributed by atoms with Gasteiger partial charge in [0.15, 0.2) is 0 Å². The van der Waals surface area contributed by atoms with Crippen molar-refractivity contribution in [2.24, 2.45) is 0 Å². The standard InChI is InChI=1S/C18H24N4O3/c1-12-8-13(2)22(20-12)17-7-5-4-6-16(17)19-18(24)21-9-15(10-23)25-11-14(21)3/h4-8,14-15,23H,9-11H2,1-3H3,(H,19,24). The van der Waals surface area contributed by atoms with Crippen LogP contribution in [0.25, 0.3) is 5.69 Å². The van der Waals surface area contributed by atoms with Gasteiger partial charge in [0.05, 0.1) is 49.0 Å². The highest BCUT2D eigenvalue weighted by atomic mass is 16.5. The molecule has 2 unspecified atom stereocenters.